The van der Waals surface area contributed by atoms with Crippen LogP contribution in [0, 0.1) is 10.1 Å². The molecule has 1 aliphatic heterocycles. The average Bonchev–Trinajstić information content (AvgIpc) is 2.55. The molecule has 8 heteroatoms. The highest BCUT2D eigenvalue weighted by molar-refractivity contribution is 6.35. The molecule has 0 spiro atoms. The van der Waals surface area contributed by atoms with Crippen LogP contribution in [-0.2, 0) is 9.59 Å². The minimum atomic E-state index is -0.836. The van der Waals surface area contributed by atoms with E-state index in [0.717, 1.165) is 25.5 Å². The molecule has 0 aromatic heterocycles. The van der Waals surface area contributed by atoms with Crippen LogP contribution in [0.1, 0.15) is 24.8 Å². The lowest BCUT2D eigenvalue weighted by Crippen LogP contribution is -2.43. The van der Waals surface area contributed by atoms with Gasteiger partial charge in [-0.3, -0.25) is 19.7 Å². The number of hydrazone groups is 1. The number of amides is 2. The second-order valence-electron chi connectivity index (χ2n) is 4.87. The van der Waals surface area contributed by atoms with Crippen LogP contribution in [-0.4, -0.2) is 40.9 Å². The maximum atomic E-state index is 11.8. The Kier molecular flexibility index (Phi) is 5.18. The second kappa shape index (κ2) is 7.30. The summed E-state index contributed by atoms with van der Waals surface area (Å²) in [5, 5.41) is 14.5. The van der Waals surface area contributed by atoms with Crippen molar-refractivity contribution >= 4 is 23.7 Å². The molecular formula is C14H16N4O4. The van der Waals surface area contributed by atoms with Gasteiger partial charge in [0.2, 0.25) is 0 Å². The summed E-state index contributed by atoms with van der Waals surface area (Å²) < 4.78 is 0. The zero-order valence-corrected chi connectivity index (χ0v) is 11.9. The van der Waals surface area contributed by atoms with Crippen molar-refractivity contribution in [2.24, 2.45) is 5.10 Å². The fraction of sp³-hybridized carbons (Fsp3) is 0.357. The molecule has 1 saturated heterocycles. The minimum absolute atomic E-state index is 0.122. The average molecular weight is 304 g/mol. The van der Waals surface area contributed by atoms with Gasteiger partial charge in [-0.1, -0.05) is 12.1 Å². The van der Waals surface area contributed by atoms with Gasteiger partial charge in [-0.25, -0.2) is 5.43 Å². The highest BCUT2D eigenvalue weighted by Gasteiger charge is 2.22. The number of para-hydroxylation sites is 1. The Labute approximate surface area is 126 Å². The van der Waals surface area contributed by atoms with Gasteiger partial charge in [0.1, 0.15) is 0 Å². The normalized spacial score (nSPS) is 14.8. The summed E-state index contributed by atoms with van der Waals surface area (Å²) in [6.07, 6.45) is 3.98. The second-order valence-corrected chi connectivity index (χ2v) is 4.87. The number of nitro benzene ring substituents is 1. The summed E-state index contributed by atoms with van der Waals surface area (Å²) in [5.74, 6) is -1.46. The summed E-state index contributed by atoms with van der Waals surface area (Å²) in [6, 6.07) is 5.99. The van der Waals surface area contributed by atoms with E-state index < -0.39 is 16.7 Å². The summed E-state index contributed by atoms with van der Waals surface area (Å²) >= 11 is 0. The SMILES string of the molecule is O=C(N/N=C\c1ccccc1[N+](=O)[O-])C(=O)N1CCCCC1. The Balaban J connectivity index is 1.96. The van der Waals surface area contributed by atoms with Crippen LogP contribution in [0.15, 0.2) is 29.4 Å². The van der Waals surface area contributed by atoms with E-state index in [9.17, 15) is 19.7 Å². The van der Waals surface area contributed by atoms with Gasteiger partial charge in [-0.15, -0.1) is 0 Å². The lowest BCUT2D eigenvalue weighted by atomic mass is 10.1. The zero-order chi connectivity index (χ0) is 15.9. The zero-order valence-electron chi connectivity index (χ0n) is 11.9. The number of carbonyl (C=O) groups excluding carboxylic acids is 2. The van der Waals surface area contributed by atoms with Crippen LogP contribution in [0.4, 0.5) is 5.69 Å². The number of nitro groups is 1. The molecule has 0 bridgehead atoms. The maximum Gasteiger partial charge on any atom is 0.329 e. The summed E-state index contributed by atoms with van der Waals surface area (Å²) in [4.78, 5) is 35.3. The molecule has 2 amide bonds. The number of carbonyl (C=O) groups is 2. The fourth-order valence-corrected chi connectivity index (χ4v) is 2.21. The highest BCUT2D eigenvalue weighted by atomic mass is 16.6. The molecule has 1 aromatic carbocycles. The molecule has 1 aliphatic rings. The summed E-state index contributed by atoms with van der Waals surface area (Å²) in [6.45, 7) is 1.14. The van der Waals surface area contributed by atoms with Crippen LogP contribution in [0.25, 0.3) is 0 Å². The van der Waals surface area contributed by atoms with Gasteiger partial charge in [0.15, 0.2) is 0 Å². The predicted octanol–water partition coefficient (Wildman–Crippen LogP) is 1.06. The standard InChI is InChI=1S/C14H16N4O4/c19-13(14(20)17-8-4-1-5-9-17)16-15-10-11-6-2-3-7-12(11)18(21)22/h2-3,6-7,10H,1,4-5,8-9H2,(H,16,19)/b15-10-. The number of piperidine rings is 1. The van der Waals surface area contributed by atoms with Crippen LogP contribution in [0.2, 0.25) is 0 Å². The number of nitrogens with one attached hydrogen (secondary N) is 1. The number of benzene rings is 1. The van der Waals surface area contributed by atoms with Gasteiger partial charge in [0.25, 0.3) is 5.69 Å². The molecule has 0 aliphatic carbocycles. The van der Waals surface area contributed by atoms with Gasteiger partial charge in [0.05, 0.1) is 16.7 Å². The molecule has 0 unspecified atom stereocenters. The molecule has 1 N–H and O–H groups in total. The van der Waals surface area contributed by atoms with E-state index in [1.54, 1.807) is 6.07 Å². The maximum absolute atomic E-state index is 11.8. The van der Waals surface area contributed by atoms with Crippen molar-refractivity contribution in [3.8, 4) is 0 Å². The molecular weight excluding hydrogens is 288 g/mol. The first-order chi connectivity index (χ1) is 10.6. The van der Waals surface area contributed by atoms with Crippen LogP contribution < -0.4 is 5.43 Å². The van der Waals surface area contributed by atoms with E-state index in [1.165, 1.54) is 23.1 Å². The molecule has 0 atom stereocenters. The Hall–Kier alpha value is -2.77. The number of nitrogens with zero attached hydrogens (tertiary/aromatic N) is 3. The minimum Gasteiger partial charge on any atom is -0.334 e. The summed E-state index contributed by atoms with van der Waals surface area (Å²) in [5.41, 5.74) is 2.24. The molecule has 1 aromatic rings. The summed E-state index contributed by atoms with van der Waals surface area (Å²) in [7, 11) is 0. The van der Waals surface area contributed by atoms with E-state index in [2.05, 4.69) is 10.5 Å². The fourth-order valence-electron chi connectivity index (χ4n) is 2.21. The van der Waals surface area contributed by atoms with Crippen molar-refractivity contribution in [1.29, 1.82) is 0 Å². The van der Waals surface area contributed by atoms with Gasteiger partial charge in [-0.05, 0) is 25.3 Å². The molecule has 22 heavy (non-hydrogen) atoms. The van der Waals surface area contributed by atoms with E-state index in [1.807, 2.05) is 0 Å². The molecule has 0 radical (unpaired) electrons. The third-order valence-corrected chi connectivity index (χ3v) is 3.34. The number of likely N-dealkylation sites (tertiary alicyclic amines) is 1. The van der Waals surface area contributed by atoms with Crippen molar-refractivity contribution in [2.45, 2.75) is 19.3 Å². The van der Waals surface area contributed by atoms with Crippen LogP contribution in [0.5, 0.6) is 0 Å². The molecule has 116 valence electrons. The van der Waals surface area contributed by atoms with Crippen LogP contribution >= 0.6 is 0 Å². The largest absolute Gasteiger partial charge is 0.334 e. The molecule has 8 nitrogen and oxygen atoms in total. The first kappa shape index (κ1) is 15.6. The predicted molar refractivity (Wildman–Crippen MR) is 79.3 cm³/mol. The van der Waals surface area contributed by atoms with Gasteiger partial charge >= 0.3 is 11.8 Å². The number of hydrogen-bond acceptors (Lipinski definition) is 5. The monoisotopic (exact) mass is 304 g/mol. The van der Waals surface area contributed by atoms with Gasteiger partial charge < -0.3 is 4.90 Å². The van der Waals surface area contributed by atoms with E-state index in [4.69, 9.17) is 0 Å². The van der Waals surface area contributed by atoms with E-state index in [0.29, 0.717) is 13.1 Å². The third-order valence-electron chi connectivity index (χ3n) is 3.34. The topological polar surface area (TPSA) is 105 Å². The number of rotatable bonds is 3. The lowest BCUT2D eigenvalue weighted by molar-refractivity contribution is -0.385. The Morgan fingerprint density at radius 3 is 2.59 bits per heavy atom. The van der Waals surface area contributed by atoms with Crippen molar-refractivity contribution < 1.29 is 14.5 Å². The lowest BCUT2D eigenvalue weighted by Gasteiger charge is -2.25. The van der Waals surface area contributed by atoms with E-state index >= 15 is 0 Å². The molecule has 2 rings (SSSR count). The van der Waals surface area contributed by atoms with Crippen molar-refractivity contribution in [3.63, 3.8) is 0 Å². The molecule has 0 saturated carbocycles. The van der Waals surface area contributed by atoms with Gasteiger partial charge in [0, 0.05) is 19.2 Å². The smallest absolute Gasteiger partial charge is 0.329 e. The van der Waals surface area contributed by atoms with Gasteiger partial charge in [-0.2, -0.15) is 5.10 Å². The first-order valence-corrected chi connectivity index (χ1v) is 6.95. The quantitative estimate of drug-likeness (QED) is 0.390. The Morgan fingerprint density at radius 2 is 1.91 bits per heavy atom. The van der Waals surface area contributed by atoms with Crippen molar-refractivity contribution in [3.05, 3.63) is 39.9 Å². The Bertz CT molecular complexity index is 609. The third kappa shape index (κ3) is 3.87. The van der Waals surface area contributed by atoms with Crippen molar-refractivity contribution in [1.82, 2.24) is 10.3 Å². The first-order valence-electron chi connectivity index (χ1n) is 6.95. The molecule has 1 heterocycles. The van der Waals surface area contributed by atoms with E-state index in [-0.39, 0.29) is 11.3 Å². The van der Waals surface area contributed by atoms with Crippen molar-refractivity contribution in [2.75, 3.05) is 13.1 Å². The number of hydrogen-bond donors (Lipinski definition) is 1. The van der Waals surface area contributed by atoms with Crippen LogP contribution in [0.3, 0.4) is 0 Å². The highest BCUT2D eigenvalue weighted by Crippen LogP contribution is 2.15. The Morgan fingerprint density at radius 1 is 1.23 bits per heavy atom. The molecule has 1 fully saturated rings.